The number of nitrogens with zero attached hydrogens (tertiary/aromatic N) is 1. The Morgan fingerprint density at radius 1 is 1.06 bits per heavy atom. The highest BCUT2D eigenvalue weighted by Gasteiger charge is 2.20. The van der Waals surface area contributed by atoms with Gasteiger partial charge < -0.3 is 24.8 Å². The molecule has 0 aliphatic rings. The van der Waals surface area contributed by atoms with E-state index in [1.807, 2.05) is 0 Å². The summed E-state index contributed by atoms with van der Waals surface area (Å²) in [5.41, 5.74) is 5.84. The predicted octanol–water partition coefficient (Wildman–Crippen LogP) is -0.138. The Morgan fingerprint density at radius 2 is 1.67 bits per heavy atom. The van der Waals surface area contributed by atoms with Crippen LogP contribution in [0.15, 0.2) is 0 Å². The van der Waals surface area contributed by atoms with Crippen LogP contribution in [0.5, 0.6) is 0 Å². The second-order valence-electron chi connectivity index (χ2n) is 4.05. The Bertz CT molecular complexity index is 214. The van der Waals surface area contributed by atoms with E-state index in [4.69, 9.17) is 19.9 Å². The van der Waals surface area contributed by atoms with Gasteiger partial charge in [0, 0.05) is 47.6 Å². The van der Waals surface area contributed by atoms with Crippen molar-refractivity contribution >= 4 is 5.91 Å². The average Bonchev–Trinajstić information content (AvgIpc) is 2.39. The monoisotopic (exact) mass is 262 g/mol. The summed E-state index contributed by atoms with van der Waals surface area (Å²) in [7, 11) is 4.85. The first-order valence-electron chi connectivity index (χ1n) is 6.18. The maximum Gasteiger partial charge on any atom is 0.239 e. The van der Waals surface area contributed by atoms with Gasteiger partial charge in [-0.05, 0) is 12.8 Å². The molecular weight excluding hydrogens is 236 g/mol. The van der Waals surface area contributed by atoms with E-state index < -0.39 is 6.04 Å². The molecule has 2 N–H and O–H groups in total. The van der Waals surface area contributed by atoms with Gasteiger partial charge >= 0.3 is 0 Å². The van der Waals surface area contributed by atoms with Crippen molar-refractivity contribution in [2.75, 3.05) is 54.2 Å². The average molecular weight is 262 g/mol. The molecule has 18 heavy (non-hydrogen) atoms. The topological polar surface area (TPSA) is 74.0 Å². The number of hydrogen-bond acceptors (Lipinski definition) is 5. The molecule has 0 rings (SSSR count). The van der Waals surface area contributed by atoms with E-state index in [9.17, 15) is 4.79 Å². The second kappa shape index (κ2) is 11.4. The highest BCUT2D eigenvalue weighted by molar-refractivity contribution is 5.81. The van der Waals surface area contributed by atoms with Crippen molar-refractivity contribution in [3.05, 3.63) is 0 Å². The molecule has 0 aromatic rings. The van der Waals surface area contributed by atoms with Gasteiger partial charge in [0.1, 0.15) is 0 Å². The van der Waals surface area contributed by atoms with Crippen LogP contribution in [0.2, 0.25) is 0 Å². The summed E-state index contributed by atoms with van der Waals surface area (Å²) in [6, 6.07) is -0.510. The van der Waals surface area contributed by atoms with Crippen molar-refractivity contribution in [1.29, 1.82) is 0 Å². The van der Waals surface area contributed by atoms with Crippen molar-refractivity contribution in [1.82, 2.24) is 4.90 Å². The van der Waals surface area contributed by atoms with Crippen molar-refractivity contribution in [2.24, 2.45) is 5.73 Å². The minimum atomic E-state index is -0.510. The second-order valence-corrected chi connectivity index (χ2v) is 4.05. The highest BCUT2D eigenvalue weighted by Crippen LogP contribution is 2.00. The van der Waals surface area contributed by atoms with Gasteiger partial charge in [-0.3, -0.25) is 4.79 Å². The summed E-state index contributed by atoms with van der Waals surface area (Å²) < 4.78 is 14.9. The lowest BCUT2D eigenvalue weighted by atomic mass is 10.2. The summed E-state index contributed by atoms with van der Waals surface area (Å²) in [5.74, 6) is -0.0554. The van der Waals surface area contributed by atoms with Crippen molar-refractivity contribution < 1.29 is 19.0 Å². The van der Waals surface area contributed by atoms with Crippen LogP contribution in [0, 0.1) is 0 Å². The van der Waals surface area contributed by atoms with Crippen LogP contribution < -0.4 is 5.73 Å². The normalized spacial score (nSPS) is 12.4. The number of carbonyl (C=O) groups excluding carboxylic acids is 1. The Morgan fingerprint density at radius 3 is 2.22 bits per heavy atom. The smallest absolute Gasteiger partial charge is 0.239 e. The SMILES string of the molecule is COCCCN(CCOC)C(=O)C(N)CCOC. The van der Waals surface area contributed by atoms with Gasteiger partial charge in [-0.15, -0.1) is 0 Å². The molecule has 0 aliphatic heterocycles. The molecule has 6 heteroatoms. The molecule has 108 valence electrons. The van der Waals surface area contributed by atoms with E-state index >= 15 is 0 Å². The van der Waals surface area contributed by atoms with Crippen LogP contribution in [-0.2, 0) is 19.0 Å². The number of rotatable bonds is 11. The molecule has 0 aromatic heterocycles. The van der Waals surface area contributed by atoms with Gasteiger partial charge in [0.25, 0.3) is 0 Å². The molecule has 1 atom stereocenters. The van der Waals surface area contributed by atoms with Gasteiger partial charge in [0.05, 0.1) is 12.6 Å². The zero-order chi connectivity index (χ0) is 13.8. The predicted molar refractivity (Wildman–Crippen MR) is 69.4 cm³/mol. The van der Waals surface area contributed by atoms with Gasteiger partial charge in [-0.25, -0.2) is 0 Å². The first kappa shape index (κ1) is 17.3. The summed E-state index contributed by atoms with van der Waals surface area (Å²) in [6.45, 7) is 2.82. The molecule has 0 saturated heterocycles. The lowest BCUT2D eigenvalue weighted by Gasteiger charge is -2.25. The molecule has 0 aliphatic carbocycles. The maximum absolute atomic E-state index is 12.1. The fourth-order valence-corrected chi connectivity index (χ4v) is 1.54. The Balaban J connectivity index is 4.19. The van der Waals surface area contributed by atoms with E-state index in [0.29, 0.717) is 39.3 Å². The molecule has 0 saturated carbocycles. The molecule has 1 unspecified atom stereocenters. The lowest BCUT2D eigenvalue weighted by molar-refractivity contribution is -0.133. The van der Waals surface area contributed by atoms with Crippen LogP contribution in [0.4, 0.5) is 0 Å². The Labute approximate surface area is 109 Å². The summed E-state index contributed by atoms with van der Waals surface area (Å²) >= 11 is 0. The first-order valence-corrected chi connectivity index (χ1v) is 6.18. The number of carbonyl (C=O) groups is 1. The summed E-state index contributed by atoms with van der Waals surface area (Å²) in [6.07, 6.45) is 1.33. The third-order valence-electron chi connectivity index (χ3n) is 2.60. The van der Waals surface area contributed by atoms with Gasteiger partial charge in [-0.2, -0.15) is 0 Å². The first-order chi connectivity index (χ1) is 8.67. The summed E-state index contributed by atoms with van der Waals surface area (Å²) in [4.78, 5) is 13.8. The number of hydrogen-bond donors (Lipinski definition) is 1. The van der Waals surface area contributed by atoms with Crippen LogP contribution in [0.25, 0.3) is 0 Å². The molecular formula is C12H26N2O4. The van der Waals surface area contributed by atoms with Gasteiger partial charge in [0.2, 0.25) is 5.91 Å². The molecule has 0 heterocycles. The fraction of sp³-hybridized carbons (Fsp3) is 0.917. The van der Waals surface area contributed by atoms with E-state index in [1.165, 1.54) is 0 Å². The van der Waals surface area contributed by atoms with E-state index in [-0.39, 0.29) is 5.91 Å². The molecule has 1 amide bonds. The minimum Gasteiger partial charge on any atom is -0.385 e. The van der Waals surface area contributed by atoms with Crippen molar-refractivity contribution in [3.8, 4) is 0 Å². The van der Waals surface area contributed by atoms with Gasteiger partial charge in [-0.1, -0.05) is 0 Å². The molecule has 0 fully saturated rings. The Hall–Kier alpha value is -0.690. The van der Waals surface area contributed by atoms with Crippen LogP contribution in [0.1, 0.15) is 12.8 Å². The van der Waals surface area contributed by atoms with Crippen LogP contribution in [0.3, 0.4) is 0 Å². The fourth-order valence-electron chi connectivity index (χ4n) is 1.54. The van der Waals surface area contributed by atoms with Crippen molar-refractivity contribution in [2.45, 2.75) is 18.9 Å². The third kappa shape index (κ3) is 7.60. The number of nitrogens with two attached hydrogens (primary N) is 1. The zero-order valence-corrected chi connectivity index (χ0v) is 11.7. The lowest BCUT2D eigenvalue weighted by Crippen LogP contribution is -2.46. The molecule has 0 spiro atoms. The van der Waals surface area contributed by atoms with Gasteiger partial charge in [0.15, 0.2) is 0 Å². The molecule has 0 radical (unpaired) electrons. The number of methoxy groups -OCH3 is 3. The van der Waals surface area contributed by atoms with E-state index in [0.717, 1.165) is 6.42 Å². The number of amides is 1. The zero-order valence-electron chi connectivity index (χ0n) is 11.7. The highest BCUT2D eigenvalue weighted by atomic mass is 16.5. The molecule has 6 nitrogen and oxygen atoms in total. The van der Waals surface area contributed by atoms with E-state index in [1.54, 1.807) is 26.2 Å². The quantitative estimate of drug-likeness (QED) is 0.525. The standard InChI is InChI=1S/C12H26N2O4/c1-16-8-4-6-14(7-10-18-3)12(15)11(13)5-9-17-2/h11H,4-10,13H2,1-3H3. The third-order valence-corrected chi connectivity index (χ3v) is 2.60. The van der Waals surface area contributed by atoms with Crippen LogP contribution >= 0.6 is 0 Å². The Kier molecular flexibility index (Phi) is 11.0. The molecule has 0 bridgehead atoms. The van der Waals surface area contributed by atoms with Crippen LogP contribution in [-0.4, -0.2) is 71.1 Å². The number of ether oxygens (including phenoxy) is 3. The largest absolute Gasteiger partial charge is 0.385 e. The maximum atomic E-state index is 12.1. The minimum absolute atomic E-state index is 0.0554. The van der Waals surface area contributed by atoms with E-state index in [2.05, 4.69) is 0 Å². The summed E-state index contributed by atoms with van der Waals surface area (Å²) in [5, 5.41) is 0. The van der Waals surface area contributed by atoms with Crippen molar-refractivity contribution in [3.63, 3.8) is 0 Å². The molecule has 0 aromatic carbocycles.